The molecule has 1 amide bonds. The van der Waals surface area contributed by atoms with Crippen LogP contribution in [0.25, 0.3) is 0 Å². The highest BCUT2D eigenvalue weighted by atomic mass is 35.5. The lowest BCUT2D eigenvalue weighted by Crippen LogP contribution is -2.50. The fourth-order valence-electron chi connectivity index (χ4n) is 3.57. The third kappa shape index (κ3) is 4.81. The van der Waals surface area contributed by atoms with Gasteiger partial charge in [0, 0.05) is 31.7 Å². The highest BCUT2D eigenvalue weighted by molar-refractivity contribution is 7.89. The summed E-state index contributed by atoms with van der Waals surface area (Å²) in [4.78, 5) is 15.0. The van der Waals surface area contributed by atoms with Crippen molar-refractivity contribution in [3.8, 4) is 11.5 Å². The summed E-state index contributed by atoms with van der Waals surface area (Å²) in [7, 11) is -2.14. The highest BCUT2D eigenvalue weighted by Gasteiger charge is 2.32. The lowest BCUT2D eigenvalue weighted by molar-refractivity contribution is 0.0697. The first kappa shape index (κ1) is 23.4. The van der Waals surface area contributed by atoms with Crippen LogP contribution in [0.2, 0.25) is 5.02 Å². The molecule has 1 saturated heterocycles. The summed E-state index contributed by atoms with van der Waals surface area (Å²) in [5.74, 6) is 0.550. The summed E-state index contributed by atoms with van der Waals surface area (Å²) in [5, 5.41) is 0.292. The van der Waals surface area contributed by atoms with Gasteiger partial charge in [-0.05, 0) is 50.1 Å². The van der Waals surface area contributed by atoms with Gasteiger partial charge in [-0.2, -0.15) is 4.31 Å². The molecule has 0 atom stereocenters. The number of hydrogen-bond acceptors (Lipinski definition) is 5. The Kier molecular flexibility index (Phi) is 7.13. The van der Waals surface area contributed by atoms with Crippen LogP contribution in [0.3, 0.4) is 0 Å². The Morgan fingerprint density at radius 1 is 1.10 bits per heavy atom. The zero-order valence-corrected chi connectivity index (χ0v) is 19.7. The molecule has 0 bridgehead atoms. The van der Waals surface area contributed by atoms with Crippen molar-refractivity contribution in [2.24, 2.45) is 0 Å². The molecule has 0 spiro atoms. The second-order valence-electron chi connectivity index (χ2n) is 7.39. The Morgan fingerprint density at radius 3 is 2.39 bits per heavy atom. The van der Waals surface area contributed by atoms with Gasteiger partial charge in [0.1, 0.15) is 0 Å². The van der Waals surface area contributed by atoms with Gasteiger partial charge in [-0.3, -0.25) is 4.79 Å². The highest BCUT2D eigenvalue weighted by Crippen LogP contribution is 2.37. The second-order valence-corrected chi connectivity index (χ2v) is 9.70. The molecule has 0 N–H and O–H groups in total. The van der Waals surface area contributed by atoms with Gasteiger partial charge >= 0.3 is 0 Å². The number of piperazine rings is 1. The number of ether oxygens (including phenoxy) is 2. The maximum absolute atomic E-state index is 13.1. The number of halogens is 1. The van der Waals surface area contributed by atoms with E-state index in [9.17, 15) is 13.2 Å². The molecule has 168 valence electrons. The SMILES string of the molecule is CCOc1c(Cl)cc(C(=O)N2CCN(S(=O)(=O)c3cc(C)ccc3C)CC2)cc1OC. The van der Waals surface area contributed by atoms with Crippen LogP contribution in [-0.2, 0) is 10.0 Å². The number of amides is 1. The molecule has 1 heterocycles. The fourth-order valence-corrected chi connectivity index (χ4v) is 5.56. The maximum atomic E-state index is 13.1. The summed E-state index contributed by atoms with van der Waals surface area (Å²) < 4.78 is 38.5. The predicted octanol–water partition coefficient (Wildman–Crippen LogP) is 3.51. The van der Waals surface area contributed by atoms with Crippen molar-refractivity contribution in [1.29, 1.82) is 0 Å². The van der Waals surface area contributed by atoms with E-state index in [2.05, 4.69) is 0 Å². The number of carbonyl (C=O) groups excluding carboxylic acids is 1. The molecule has 1 aliphatic heterocycles. The molecule has 0 aromatic heterocycles. The standard InChI is InChI=1S/C22H27ClN2O5S/c1-5-30-21-18(23)13-17(14-19(21)29-4)22(26)24-8-10-25(11-9-24)31(27,28)20-12-15(2)6-7-16(20)3/h6-7,12-14H,5,8-11H2,1-4H3. The minimum Gasteiger partial charge on any atom is -0.493 e. The zero-order chi connectivity index (χ0) is 22.8. The van der Waals surface area contributed by atoms with Gasteiger partial charge in [-0.15, -0.1) is 0 Å². The molecule has 9 heteroatoms. The van der Waals surface area contributed by atoms with Gasteiger partial charge in [0.25, 0.3) is 5.91 Å². The Bertz CT molecular complexity index is 1080. The molecule has 2 aromatic carbocycles. The minimum absolute atomic E-state index is 0.226. The van der Waals surface area contributed by atoms with Crippen LogP contribution in [0.15, 0.2) is 35.2 Å². The molecule has 1 fully saturated rings. The topological polar surface area (TPSA) is 76.2 Å². The summed E-state index contributed by atoms with van der Waals surface area (Å²) in [6.45, 7) is 6.93. The van der Waals surface area contributed by atoms with Crippen molar-refractivity contribution in [3.63, 3.8) is 0 Å². The summed E-state index contributed by atoms with van der Waals surface area (Å²) >= 11 is 6.29. The first-order valence-corrected chi connectivity index (χ1v) is 11.9. The second kappa shape index (κ2) is 9.46. The molecule has 0 radical (unpaired) electrons. The van der Waals surface area contributed by atoms with E-state index in [1.165, 1.54) is 11.4 Å². The summed E-state index contributed by atoms with van der Waals surface area (Å²) in [6.07, 6.45) is 0. The Morgan fingerprint density at radius 2 is 1.77 bits per heavy atom. The zero-order valence-electron chi connectivity index (χ0n) is 18.1. The van der Waals surface area contributed by atoms with Crippen molar-refractivity contribution in [2.75, 3.05) is 39.9 Å². The molecule has 1 aliphatic rings. The van der Waals surface area contributed by atoms with Crippen LogP contribution < -0.4 is 9.47 Å². The molecule has 0 aliphatic carbocycles. The van der Waals surface area contributed by atoms with E-state index in [0.29, 0.717) is 39.2 Å². The van der Waals surface area contributed by atoms with Crippen LogP contribution in [0.1, 0.15) is 28.4 Å². The normalized spacial score (nSPS) is 15.1. The van der Waals surface area contributed by atoms with E-state index in [1.807, 2.05) is 26.0 Å². The Hall–Kier alpha value is -2.29. The number of hydrogen-bond donors (Lipinski definition) is 0. The Balaban J connectivity index is 1.76. The van der Waals surface area contributed by atoms with E-state index < -0.39 is 10.0 Å². The lowest BCUT2D eigenvalue weighted by atomic mass is 10.1. The largest absolute Gasteiger partial charge is 0.493 e. The van der Waals surface area contributed by atoms with Gasteiger partial charge in [0.15, 0.2) is 11.5 Å². The maximum Gasteiger partial charge on any atom is 0.254 e. The minimum atomic E-state index is -3.62. The quantitative estimate of drug-likeness (QED) is 0.651. The Labute approximate surface area is 188 Å². The van der Waals surface area contributed by atoms with E-state index in [-0.39, 0.29) is 32.1 Å². The molecule has 2 aromatic rings. The van der Waals surface area contributed by atoms with Crippen LogP contribution in [0, 0.1) is 13.8 Å². The average Bonchev–Trinajstić information content (AvgIpc) is 2.76. The van der Waals surface area contributed by atoms with Crippen molar-refractivity contribution in [2.45, 2.75) is 25.7 Å². The number of carbonyl (C=O) groups is 1. The smallest absolute Gasteiger partial charge is 0.254 e. The summed E-state index contributed by atoms with van der Waals surface area (Å²) in [5.41, 5.74) is 1.97. The number of aryl methyl sites for hydroxylation is 2. The van der Waals surface area contributed by atoms with Crippen molar-refractivity contribution < 1.29 is 22.7 Å². The number of rotatable bonds is 6. The average molecular weight is 467 g/mol. The molecule has 3 rings (SSSR count). The van der Waals surface area contributed by atoms with Crippen LogP contribution in [0.5, 0.6) is 11.5 Å². The van der Waals surface area contributed by atoms with Gasteiger partial charge in [-0.1, -0.05) is 23.7 Å². The van der Waals surface area contributed by atoms with E-state index in [4.69, 9.17) is 21.1 Å². The van der Waals surface area contributed by atoms with Crippen molar-refractivity contribution in [1.82, 2.24) is 9.21 Å². The third-order valence-corrected chi connectivity index (χ3v) is 7.57. The fraction of sp³-hybridized carbons (Fsp3) is 0.409. The first-order chi connectivity index (χ1) is 14.7. The summed E-state index contributed by atoms with van der Waals surface area (Å²) in [6, 6.07) is 8.54. The first-order valence-electron chi connectivity index (χ1n) is 10.1. The molecular formula is C22H27ClN2O5S. The number of nitrogens with zero attached hydrogens (tertiary/aromatic N) is 2. The third-order valence-electron chi connectivity index (χ3n) is 5.25. The lowest BCUT2D eigenvalue weighted by Gasteiger charge is -2.34. The molecule has 7 nitrogen and oxygen atoms in total. The monoisotopic (exact) mass is 466 g/mol. The predicted molar refractivity (Wildman–Crippen MR) is 120 cm³/mol. The van der Waals surface area contributed by atoms with E-state index in [0.717, 1.165) is 5.56 Å². The van der Waals surface area contributed by atoms with Gasteiger partial charge < -0.3 is 14.4 Å². The van der Waals surface area contributed by atoms with Crippen LogP contribution >= 0.6 is 11.6 Å². The van der Waals surface area contributed by atoms with E-state index in [1.54, 1.807) is 30.0 Å². The van der Waals surface area contributed by atoms with Crippen molar-refractivity contribution in [3.05, 3.63) is 52.0 Å². The van der Waals surface area contributed by atoms with Crippen LogP contribution in [-0.4, -0.2) is 63.4 Å². The molecular weight excluding hydrogens is 440 g/mol. The van der Waals surface area contributed by atoms with Gasteiger partial charge in [0.05, 0.1) is 23.6 Å². The molecule has 0 unspecified atom stereocenters. The molecule has 31 heavy (non-hydrogen) atoms. The molecule has 0 saturated carbocycles. The van der Waals surface area contributed by atoms with Gasteiger partial charge in [-0.25, -0.2) is 8.42 Å². The number of benzene rings is 2. The number of sulfonamides is 1. The van der Waals surface area contributed by atoms with Gasteiger partial charge in [0.2, 0.25) is 10.0 Å². The van der Waals surface area contributed by atoms with Crippen molar-refractivity contribution >= 4 is 27.5 Å². The van der Waals surface area contributed by atoms with E-state index >= 15 is 0 Å². The van der Waals surface area contributed by atoms with Crippen LogP contribution in [0.4, 0.5) is 0 Å². The number of methoxy groups -OCH3 is 1.